The summed E-state index contributed by atoms with van der Waals surface area (Å²) >= 11 is 3.52. The van der Waals surface area contributed by atoms with Crippen molar-refractivity contribution in [2.24, 2.45) is 7.05 Å². The van der Waals surface area contributed by atoms with E-state index in [-0.39, 0.29) is 5.78 Å². The molecule has 1 aromatic rings. The van der Waals surface area contributed by atoms with Crippen LogP contribution in [0.2, 0.25) is 0 Å². The second-order valence-corrected chi connectivity index (χ2v) is 5.45. The summed E-state index contributed by atoms with van der Waals surface area (Å²) < 4.78 is 2.75. The fourth-order valence-electron chi connectivity index (χ4n) is 1.52. The molecule has 0 aliphatic rings. The summed E-state index contributed by atoms with van der Waals surface area (Å²) in [7, 11) is 3.67. The lowest BCUT2D eigenvalue weighted by molar-refractivity contribution is -0.123. The van der Waals surface area contributed by atoms with Crippen molar-refractivity contribution >= 4 is 21.7 Å². The zero-order chi connectivity index (χ0) is 13.2. The van der Waals surface area contributed by atoms with Gasteiger partial charge in [0.05, 0.1) is 27.8 Å². The maximum Gasteiger partial charge on any atom is 0.158 e. The Kier molecular flexibility index (Phi) is 4.49. The number of ketones is 1. The third kappa shape index (κ3) is 2.96. The lowest BCUT2D eigenvalue weighted by atomic mass is 9.95. The molecule has 0 bridgehead atoms. The molecule has 0 atom stereocenters. The second kappa shape index (κ2) is 5.31. The topological polar surface area (TPSA) is 46.9 Å². The maximum absolute atomic E-state index is 12.1. The van der Waals surface area contributed by atoms with E-state index in [0.717, 1.165) is 22.3 Å². The van der Waals surface area contributed by atoms with Gasteiger partial charge in [-0.05, 0) is 43.2 Å². The molecular weight excluding hydrogens is 282 g/mol. The molecule has 5 heteroatoms. The first-order valence-corrected chi connectivity index (χ1v) is 6.55. The van der Waals surface area contributed by atoms with Crippen LogP contribution < -0.4 is 5.32 Å². The smallest absolute Gasteiger partial charge is 0.158 e. The molecular formula is C12H20BrN3O. The molecule has 0 unspecified atom stereocenters. The average Bonchev–Trinajstić information content (AvgIpc) is 2.56. The Morgan fingerprint density at radius 2 is 2.12 bits per heavy atom. The lowest BCUT2D eigenvalue weighted by Crippen LogP contribution is -2.45. The number of carbonyl (C=O) groups is 1. The van der Waals surface area contributed by atoms with Crippen molar-refractivity contribution in [2.75, 3.05) is 7.05 Å². The SMILES string of the molecule is CCc1nn(C)c(CC(=O)C(C)(C)NC)c1Br. The van der Waals surface area contributed by atoms with E-state index >= 15 is 0 Å². The highest BCUT2D eigenvalue weighted by Crippen LogP contribution is 2.23. The first-order chi connectivity index (χ1) is 7.83. The number of Topliss-reactive ketones (excluding diaryl/α,β-unsaturated/α-hetero) is 1. The van der Waals surface area contributed by atoms with Crippen LogP contribution in [0.4, 0.5) is 0 Å². The largest absolute Gasteiger partial charge is 0.308 e. The molecule has 0 radical (unpaired) electrons. The third-order valence-corrected chi connectivity index (χ3v) is 4.07. The maximum atomic E-state index is 12.1. The Bertz CT molecular complexity index is 424. The fraction of sp³-hybridized carbons (Fsp3) is 0.667. The van der Waals surface area contributed by atoms with Crippen LogP contribution in [0.5, 0.6) is 0 Å². The molecule has 0 amide bonds. The van der Waals surface area contributed by atoms with E-state index < -0.39 is 5.54 Å². The minimum Gasteiger partial charge on any atom is -0.308 e. The van der Waals surface area contributed by atoms with Gasteiger partial charge in [-0.3, -0.25) is 9.48 Å². The zero-order valence-electron chi connectivity index (χ0n) is 11.1. The molecule has 4 nitrogen and oxygen atoms in total. The number of rotatable bonds is 5. The van der Waals surface area contributed by atoms with Gasteiger partial charge in [-0.1, -0.05) is 6.92 Å². The van der Waals surface area contributed by atoms with Gasteiger partial charge >= 0.3 is 0 Å². The van der Waals surface area contributed by atoms with E-state index in [1.807, 2.05) is 20.9 Å². The average molecular weight is 302 g/mol. The summed E-state index contributed by atoms with van der Waals surface area (Å²) in [6, 6.07) is 0. The highest BCUT2D eigenvalue weighted by molar-refractivity contribution is 9.10. The van der Waals surface area contributed by atoms with Gasteiger partial charge in [-0.25, -0.2) is 0 Å². The summed E-state index contributed by atoms with van der Waals surface area (Å²) in [5.41, 5.74) is 1.43. The molecule has 0 aliphatic carbocycles. The number of aromatic nitrogens is 2. The number of hydrogen-bond acceptors (Lipinski definition) is 3. The molecule has 0 saturated carbocycles. The van der Waals surface area contributed by atoms with E-state index in [9.17, 15) is 4.79 Å². The molecule has 0 aliphatic heterocycles. The van der Waals surface area contributed by atoms with Crippen molar-refractivity contribution in [3.05, 3.63) is 15.9 Å². The Morgan fingerprint density at radius 3 is 2.53 bits per heavy atom. The van der Waals surface area contributed by atoms with Crippen molar-refractivity contribution in [2.45, 2.75) is 39.2 Å². The minimum atomic E-state index is -0.504. The number of carbonyl (C=O) groups excluding carboxylic acids is 1. The van der Waals surface area contributed by atoms with E-state index in [0.29, 0.717) is 6.42 Å². The van der Waals surface area contributed by atoms with Gasteiger partial charge < -0.3 is 5.32 Å². The van der Waals surface area contributed by atoms with Gasteiger partial charge in [0.15, 0.2) is 5.78 Å². The summed E-state index contributed by atoms with van der Waals surface area (Å²) in [6.07, 6.45) is 1.25. The van der Waals surface area contributed by atoms with E-state index in [4.69, 9.17) is 0 Å². The van der Waals surface area contributed by atoms with Crippen LogP contribution in [0, 0.1) is 0 Å². The number of nitrogens with zero attached hydrogens (tertiary/aromatic N) is 2. The normalized spacial score (nSPS) is 11.9. The zero-order valence-corrected chi connectivity index (χ0v) is 12.7. The van der Waals surface area contributed by atoms with Crippen LogP contribution in [0.15, 0.2) is 4.47 Å². The Labute approximate surface area is 111 Å². The van der Waals surface area contributed by atoms with Crippen molar-refractivity contribution in [1.29, 1.82) is 0 Å². The van der Waals surface area contributed by atoms with Crippen LogP contribution in [0.3, 0.4) is 0 Å². The van der Waals surface area contributed by atoms with Crippen LogP contribution >= 0.6 is 15.9 Å². The second-order valence-electron chi connectivity index (χ2n) is 4.66. The molecule has 0 saturated heterocycles. The number of halogens is 1. The van der Waals surface area contributed by atoms with Crippen LogP contribution in [0.25, 0.3) is 0 Å². The monoisotopic (exact) mass is 301 g/mol. The summed E-state index contributed by atoms with van der Waals surface area (Å²) in [4.78, 5) is 12.1. The standard InChI is InChI=1S/C12H20BrN3O/c1-6-8-11(13)9(16(5)15-8)7-10(17)12(2,3)14-4/h14H,6-7H2,1-5H3. The van der Waals surface area contributed by atoms with Gasteiger partial charge in [0.1, 0.15) is 0 Å². The van der Waals surface area contributed by atoms with Gasteiger partial charge in [-0.2, -0.15) is 5.10 Å². The van der Waals surface area contributed by atoms with E-state index in [2.05, 4.69) is 33.3 Å². The quantitative estimate of drug-likeness (QED) is 0.903. The number of likely N-dealkylation sites (N-methyl/N-ethyl adjacent to an activating group) is 1. The van der Waals surface area contributed by atoms with Crippen LogP contribution in [-0.4, -0.2) is 28.2 Å². The molecule has 0 spiro atoms. The first-order valence-electron chi connectivity index (χ1n) is 5.76. The van der Waals surface area contributed by atoms with Gasteiger partial charge in [0.25, 0.3) is 0 Å². The summed E-state index contributed by atoms with van der Waals surface area (Å²) in [6.45, 7) is 5.83. The molecule has 96 valence electrons. The summed E-state index contributed by atoms with van der Waals surface area (Å²) in [5, 5.41) is 7.41. The molecule has 1 rings (SSSR count). The highest BCUT2D eigenvalue weighted by Gasteiger charge is 2.27. The molecule has 0 fully saturated rings. The predicted octanol–water partition coefficient (Wildman–Crippen LogP) is 1.85. The van der Waals surface area contributed by atoms with Crippen molar-refractivity contribution in [3.63, 3.8) is 0 Å². The van der Waals surface area contributed by atoms with Crippen LogP contribution in [-0.2, 0) is 24.7 Å². The lowest BCUT2D eigenvalue weighted by Gasteiger charge is -2.22. The van der Waals surface area contributed by atoms with Crippen LogP contribution in [0.1, 0.15) is 32.2 Å². The number of nitrogens with one attached hydrogen (secondary N) is 1. The van der Waals surface area contributed by atoms with Crippen molar-refractivity contribution < 1.29 is 4.79 Å². The minimum absolute atomic E-state index is 0.159. The van der Waals surface area contributed by atoms with E-state index in [1.165, 1.54) is 0 Å². The van der Waals surface area contributed by atoms with Gasteiger partial charge in [-0.15, -0.1) is 0 Å². The van der Waals surface area contributed by atoms with Crippen molar-refractivity contribution in [1.82, 2.24) is 15.1 Å². The third-order valence-electron chi connectivity index (χ3n) is 3.15. The molecule has 1 N–H and O–H groups in total. The Balaban J connectivity index is 2.97. The molecule has 0 aromatic carbocycles. The fourth-order valence-corrected chi connectivity index (χ4v) is 2.28. The number of aryl methyl sites for hydroxylation is 2. The number of hydrogen-bond donors (Lipinski definition) is 1. The van der Waals surface area contributed by atoms with Gasteiger partial charge in [0.2, 0.25) is 0 Å². The predicted molar refractivity (Wildman–Crippen MR) is 72.1 cm³/mol. The highest BCUT2D eigenvalue weighted by atomic mass is 79.9. The molecule has 1 aromatic heterocycles. The Morgan fingerprint density at radius 1 is 1.53 bits per heavy atom. The van der Waals surface area contributed by atoms with Crippen molar-refractivity contribution in [3.8, 4) is 0 Å². The molecule has 17 heavy (non-hydrogen) atoms. The van der Waals surface area contributed by atoms with E-state index in [1.54, 1.807) is 11.7 Å². The first kappa shape index (κ1) is 14.4. The molecule has 1 heterocycles. The van der Waals surface area contributed by atoms with Gasteiger partial charge in [0, 0.05) is 7.05 Å². The summed E-state index contributed by atoms with van der Waals surface area (Å²) in [5.74, 6) is 0.159. The Hall–Kier alpha value is -0.680.